The van der Waals surface area contributed by atoms with Crippen molar-refractivity contribution in [3.8, 4) is 10.6 Å². The summed E-state index contributed by atoms with van der Waals surface area (Å²) in [6, 6.07) is 5.97. The van der Waals surface area contributed by atoms with Gasteiger partial charge in [0, 0.05) is 24.4 Å². The van der Waals surface area contributed by atoms with Crippen LogP contribution in [0.2, 0.25) is 0 Å². The van der Waals surface area contributed by atoms with Gasteiger partial charge < -0.3 is 5.32 Å². The van der Waals surface area contributed by atoms with Crippen LogP contribution < -0.4 is 5.32 Å². The molecule has 0 saturated heterocycles. The summed E-state index contributed by atoms with van der Waals surface area (Å²) >= 11 is 1.64. The number of hydrogen-bond acceptors (Lipinski definition) is 6. The molecule has 0 saturated carbocycles. The van der Waals surface area contributed by atoms with Gasteiger partial charge in [0.1, 0.15) is 10.0 Å². The zero-order valence-corrected chi connectivity index (χ0v) is 12.7. The summed E-state index contributed by atoms with van der Waals surface area (Å²) in [7, 11) is 0. The molecule has 0 aliphatic rings. The molecule has 0 spiro atoms. The van der Waals surface area contributed by atoms with Crippen molar-refractivity contribution in [1.29, 1.82) is 0 Å². The topological polar surface area (TPSA) is 63.6 Å². The highest BCUT2D eigenvalue weighted by atomic mass is 32.1. The fourth-order valence-electron chi connectivity index (χ4n) is 2.17. The van der Waals surface area contributed by atoms with Gasteiger partial charge in [-0.2, -0.15) is 0 Å². The number of nitrogens with one attached hydrogen (secondary N) is 1. The molecule has 2 heterocycles. The molecule has 1 aromatic carbocycles. The third-order valence-electron chi connectivity index (χ3n) is 3.19. The van der Waals surface area contributed by atoms with E-state index >= 15 is 0 Å². The minimum absolute atomic E-state index is 0.885. The summed E-state index contributed by atoms with van der Waals surface area (Å²) in [5.74, 6) is 0. The molecule has 1 N–H and O–H groups in total. The molecule has 0 aliphatic heterocycles. The minimum atomic E-state index is 0.885. The lowest BCUT2D eigenvalue weighted by Crippen LogP contribution is -2.14. The molecule has 0 aliphatic carbocycles. The van der Waals surface area contributed by atoms with Crippen LogP contribution in [0.4, 0.5) is 0 Å². The van der Waals surface area contributed by atoms with Gasteiger partial charge in [-0.3, -0.25) is 9.97 Å². The number of nitrogens with zero attached hydrogens (tertiary/aromatic N) is 4. The van der Waals surface area contributed by atoms with E-state index in [4.69, 9.17) is 0 Å². The van der Waals surface area contributed by atoms with Gasteiger partial charge in [0.2, 0.25) is 0 Å². The van der Waals surface area contributed by atoms with E-state index < -0.39 is 0 Å². The van der Waals surface area contributed by atoms with Gasteiger partial charge >= 0.3 is 0 Å². The normalized spacial score (nSPS) is 11.1. The average Bonchev–Trinajstić information content (AvgIpc) is 3.00. The second-order valence-electron chi connectivity index (χ2n) is 4.69. The van der Waals surface area contributed by atoms with Crippen molar-refractivity contribution in [2.75, 3.05) is 13.1 Å². The summed E-state index contributed by atoms with van der Waals surface area (Å²) in [6.45, 7) is 4.14. The molecule has 2 aromatic heterocycles. The monoisotopic (exact) mass is 299 g/mol. The second kappa shape index (κ2) is 6.69. The summed E-state index contributed by atoms with van der Waals surface area (Å²) in [5.41, 5.74) is 2.78. The third kappa shape index (κ3) is 3.22. The van der Waals surface area contributed by atoms with E-state index in [9.17, 15) is 0 Å². The van der Waals surface area contributed by atoms with E-state index in [-0.39, 0.29) is 0 Å². The Labute approximate surface area is 127 Å². The van der Waals surface area contributed by atoms with Crippen LogP contribution in [0.3, 0.4) is 0 Å². The largest absolute Gasteiger partial charge is 0.317 e. The van der Waals surface area contributed by atoms with Crippen molar-refractivity contribution in [1.82, 2.24) is 25.5 Å². The molecule has 6 heteroatoms. The first-order chi connectivity index (χ1) is 10.4. The van der Waals surface area contributed by atoms with E-state index in [0.29, 0.717) is 0 Å². The fourth-order valence-corrected chi connectivity index (χ4v) is 3.08. The van der Waals surface area contributed by atoms with E-state index in [2.05, 4.69) is 32.4 Å². The van der Waals surface area contributed by atoms with Crippen LogP contribution in [0.1, 0.15) is 18.4 Å². The third-order valence-corrected chi connectivity index (χ3v) is 4.21. The molecule has 0 bridgehead atoms. The number of aryl methyl sites for hydroxylation is 1. The summed E-state index contributed by atoms with van der Waals surface area (Å²) < 4.78 is 0. The smallest absolute Gasteiger partial charge is 0.150 e. The average molecular weight is 299 g/mol. The van der Waals surface area contributed by atoms with E-state index in [0.717, 1.165) is 52.5 Å². The van der Waals surface area contributed by atoms with E-state index in [1.165, 1.54) is 0 Å². The van der Waals surface area contributed by atoms with Gasteiger partial charge in [-0.1, -0.05) is 24.3 Å². The first kappa shape index (κ1) is 14.0. The van der Waals surface area contributed by atoms with Crippen LogP contribution >= 0.6 is 11.3 Å². The van der Waals surface area contributed by atoms with E-state index in [1.54, 1.807) is 23.7 Å². The standard InChI is InChI=1S/C15H17N5S/c1-2-16-8-4-7-13-19-20-15(21-13)11-5-3-6-12-14(11)18-10-9-17-12/h3,5-6,9-10,16H,2,4,7-8H2,1H3. The molecule has 21 heavy (non-hydrogen) atoms. The zero-order chi connectivity index (χ0) is 14.5. The number of aromatic nitrogens is 4. The van der Waals surface area contributed by atoms with Crippen molar-refractivity contribution in [2.24, 2.45) is 0 Å². The van der Waals surface area contributed by atoms with Crippen LogP contribution in [0.25, 0.3) is 21.6 Å². The maximum Gasteiger partial charge on any atom is 0.150 e. The van der Waals surface area contributed by atoms with Crippen molar-refractivity contribution >= 4 is 22.4 Å². The number of hydrogen-bond donors (Lipinski definition) is 1. The van der Waals surface area contributed by atoms with Gasteiger partial charge in [-0.05, 0) is 31.6 Å². The van der Waals surface area contributed by atoms with Crippen molar-refractivity contribution in [3.63, 3.8) is 0 Å². The van der Waals surface area contributed by atoms with Crippen LogP contribution in [0.5, 0.6) is 0 Å². The Balaban J connectivity index is 1.81. The minimum Gasteiger partial charge on any atom is -0.317 e. The van der Waals surface area contributed by atoms with Gasteiger partial charge in [-0.25, -0.2) is 0 Å². The lowest BCUT2D eigenvalue weighted by Gasteiger charge is -2.00. The molecule has 3 aromatic rings. The van der Waals surface area contributed by atoms with Gasteiger partial charge in [0.15, 0.2) is 0 Å². The maximum atomic E-state index is 4.42. The molecule has 5 nitrogen and oxygen atoms in total. The van der Waals surface area contributed by atoms with Crippen molar-refractivity contribution in [3.05, 3.63) is 35.6 Å². The number of rotatable bonds is 6. The lowest BCUT2D eigenvalue weighted by molar-refractivity contribution is 0.669. The molecule has 108 valence electrons. The Morgan fingerprint density at radius 1 is 1.14 bits per heavy atom. The Morgan fingerprint density at radius 2 is 2.05 bits per heavy atom. The van der Waals surface area contributed by atoms with Crippen molar-refractivity contribution in [2.45, 2.75) is 19.8 Å². The van der Waals surface area contributed by atoms with Gasteiger partial charge in [0.05, 0.1) is 11.0 Å². The van der Waals surface area contributed by atoms with Crippen LogP contribution in [0.15, 0.2) is 30.6 Å². The van der Waals surface area contributed by atoms with E-state index in [1.807, 2.05) is 18.2 Å². The van der Waals surface area contributed by atoms with Crippen LogP contribution in [-0.4, -0.2) is 33.3 Å². The number of benzene rings is 1. The van der Waals surface area contributed by atoms with Crippen LogP contribution in [0, 0.1) is 0 Å². The zero-order valence-electron chi connectivity index (χ0n) is 11.9. The fraction of sp³-hybridized carbons (Fsp3) is 0.333. The number of para-hydroxylation sites is 1. The quantitative estimate of drug-likeness (QED) is 0.709. The highest BCUT2D eigenvalue weighted by molar-refractivity contribution is 7.14. The molecular formula is C15H17N5S. The summed E-state index contributed by atoms with van der Waals surface area (Å²) in [5, 5.41) is 13.9. The predicted molar refractivity (Wildman–Crippen MR) is 85.3 cm³/mol. The Hall–Kier alpha value is -1.92. The first-order valence-electron chi connectivity index (χ1n) is 7.11. The molecule has 0 atom stereocenters. The summed E-state index contributed by atoms with van der Waals surface area (Å²) in [4.78, 5) is 8.75. The summed E-state index contributed by atoms with van der Waals surface area (Å²) in [6.07, 6.45) is 5.46. The van der Waals surface area contributed by atoms with Crippen molar-refractivity contribution < 1.29 is 0 Å². The highest BCUT2D eigenvalue weighted by Gasteiger charge is 2.11. The maximum absolute atomic E-state index is 4.42. The molecule has 0 radical (unpaired) electrons. The Morgan fingerprint density at radius 3 is 2.95 bits per heavy atom. The van der Waals surface area contributed by atoms with Gasteiger partial charge in [0.25, 0.3) is 0 Å². The molecule has 0 unspecified atom stereocenters. The molecular weight excluding hydrogens is 282 g/mol. The lowest BCUT2D eigenvalue weighted by atomic mass is 10.2. The predicted octanol–water partition coefficient (Wildman–Crippen LogP) is 2.69. The first-order valence-corrected chi connectivity index (χ1v) is 7.93. The highest BCUT2D eigenvalue weighted by Crippen LogP contribution is 2.28. The van der Waals surface area contributed by atoms with Crippen LogP contribution in [-0.2, 0) is 6.42 Å². The molecule has 3 rings (SSSR count). The number of fused-ring (bicyclic) bond motifs is 1. The molecule has 0 amide bonds. The SMILES string of the molecule is CCNCCCc1nnc(-c2cccc3nccnc23)s1. The Bertz CT molecular complexity index is 719. The Kier molecular flexibility index (Phi) is 4.47. The second-order valence-corrected chi connectivity index (χ2v) is 5.75. The van der Waals surface area contributed by atoms with Gasteiger partial charge in [-0.15, -0.1) is 10.2 Å². The molecule has 0 fully saturated rings.